The van der Waals surface area contributed by atoms with Crippen LogP contribution in [0.1, 0.15) is 71.6 Å². The van der Waals surface area contributed by atoms with E-state index >= 15 is 0 Å². The van der Waals surface area contributed by atoms with E-state index in [2.05, 4.69) is 82.8 Å². The van der Waals surface area contributed by atoms with E-state index in [-0.39, 0.29) is 24.6 Å². The molecule has 4 amide bonds. The predicted octanol–water partition coefficient (Wildman–Crippen LogP) is 6.10. The molecule has 3 N–H and O–H groups in total. The van der Waals surface area contributed by atoms with Crippen LogP contribution in [-0.2, 0) is 19.1 Å². The summed E-state index contributed by atoms with van der Waals surface area (Å²) in [6, 6.07) is -0.389. The van der Waals surface area contributed by atoms with Gasteiger partial charge < -0.3 is 30.3 Å². The zero-order chi connectivity index (χ0) is 36.0. The summed E-state index contributed by atoms with van der Waals surface area (Å²) >= 11 is 0. The summed E-state index contributed by atoms with van der Waals surface area (Å²) in [6.07, 6.45) is 33.4. The fourth-order valence-electron chi connectivity index (χ4n) is 4.55. The normalized spacial score (nSPS) is 17.0. The number of nitrogens with zero attached hydrogens (tertiary/aromatic N) is 2. The van der Waals surface area contributed by atoms with Gasteiger partial charge in [-0.3, -0.25) is 14.5 Å². The number of carbonyl (C=O) groups excluding carboxylic acids is 4. The second-order valence-corrected chi connectivity index (χ2v) is 11.6. The van der Waals surface area contributed by atoms with Crippen LogP contribution in [0.2, 0.25) is 0 Å². The largest absolute Gasteiger partial charge is 0.447 e. The van der Waals surface area contributed by atoms with Gasteiger partial charge in [-0.15, -0.1) is 0 Å². The smallest absolute Gasteiger partial charge is 0.407 e. The van der Waals surface area contributed by atoms with E-state index < -0.39 is 12.3 Å². The minimum absolute atomic E-state index is 0.0175. The van der Waals surface area contributed by atoms with Crippen LogP contribution >= 0.6 is 0 Å². The number of carbonyl (C=O) groups is 4. The lowest BCUT2D eigenvalue weighted by Crippen LogP contribution is -2.42. The molecule has 0 aromatic rings. The molecule has 1 aliphatic heterocycles. The van der Waals surface area contributed by atoms with Crippen molar-refractivity contribution in [3.63, 3.8) is 0 Å². The molecule has 2 unspecified atom stereocenters. The molecule has 0 spiro atoms. The maximum absolute atomic E-state index is 12.2. The van der Waals surface area contributed by atoms with Gasteiger partial charge in [-0.2, -0.15) is 0 Å². The van der Waals surface area contributed by atoms with Crippen LogP contribution in [0, 0.1) is 0 Å². The van der Waals surface area contributed by atoms with Crippen molar-refractivity contribution in [1.29, 1.82) is 0 Å². The van der Waals surface area contributed by atoms with E-state index in [1.165, 1.54) is 18.1 Å². The molecule has 1 heterocycles. The van der Waals surface area contributed by atoms with E-state index in [4.69, 9.17) is 9.47 Å². The Morgan fingerprint density at radius 1 is 0.816 bits per heavy atom. The van der Waals surface area contributed by atoms with E-state index in [0.29, 0.717) is 63.7 Å². The lowest BCUT2D eigenvalue weighted by Gasteiger charge is -2.25. The van der Waals surface area contributed by atoms with Crippen molar-refractivity contribution in [2.45, 2.75) is 84.0 Å². The Bertz CT molecular complexity index is 1170. The third kappa shape index (κ3) is 22.9. The second kappa shape index (κ2) is 28.8. The number of likely N-dealkylation sites (N-methyl/N-ethyl adjacent to an activating group) is 1. The van der Waals surface area contributed by atoms with Crippen LogP contribution < -0.4 is 16.0 Å². The minimum atomic E-state index is -0.549. The van der Waals surface area contributed by atoms with E-state index in [9.17, 15) is 19.2 Å². The molecule has 1 rings (SSSR count). The molecule has 0 saturated carbocycles. The zero-order valence-corrected chi connectivity index (χ0v) is 30.0. The number of urea groups is 1. The van der Waals surface area contributed by atoms with Crippen LogP contribution in [0.15, 0.2) is 84.7 Å². The molecular weight excluding hydrogens is 622 g/mol. The average molecular weight is 682 g/mol. The minimum Gasteiger partial charge on any atom is -0.447 e. The van der Waals surface area contributed by atoms with Crippen LogP contribution in [0.3, 0.4) is 0 Å². The molecule has 0 aromatic heterocycles. The monoisotopic (exact) mass is 681 g/mol. The fraction of sp³-hybridized carbons (Fsp3) is 0.526. The van der Waals surface area contributed by atoms with E-state index in [1.54, 1.807) is 6.92 Å². The highest BCUT2D eigenvalue weighted by molar-refractivity contribution is 5.78. The number of nitrogens with one attached hydrogen (secondary N) is 3. The molecule has 11 nitrogen and oxygen atoms in total. The maximum atomic E-state index is 12.2. The number of hydrogen-bond acceptors (Lipinski definition) is 7. The van der Waals surface area contributed by atoms with Crippen LogP contribution in [0.4, 0.5) is 9.59 Å². The Hall–Kier alpha value is -4.22. The van der Waals surface area contributed by atoms with Crippen LogP contribution in [-0.4, -0.2) is 93.3 Å². The first kappa shape index (κ1) is 42.8. The summed E-state index contributed by atoms with van der Waals surface area (Å²) in [6.45, 7) is 5.85. The van der Waals surface area contributed by atoms with Gasteiger partial charge in [-0.05, 0) is 72.3 Å². The molecule has 49 heavy (non-hydrogen) atoms. The summed E-state index contributed by atoms with van der Waals surface area (Å²) in [5.74, 6) is 0.0175. The van der Waals surface area contributed by atoms with Gasteiger partial charge in [0.2, 0.25) is 5.91 Å². The molecule has 1 aliphatic rings. The number of aldehydes is 1. The molecule has 0 aromatic carbocycles. The Balaban J connectivity index is 2.07. The van der Waals surface area contributed by atoms with Gasteiger partial charge in [-0.25, -0.2) is 9.59 Å². The highest BCUT2D eigenvalue weighted by Gasteiger charge is 2.32. The Labute approximate surface area is 293 Å². The third-order valence-electron chi connectivity index (χ3n) is 7.32. The quantitative estimate of drug-likeness (QED) is 0.0638. The SMILES string of the molecule is C/C=C\C/C=C\C/C=C\C/C=C\C/C=C\C/C=C\CCC(=O)NCCN(C)CCNC(=O)OCC1CCC(N(/C=C(/C)C=O)C(=O)NC)O1. The molecule has 11 heteroatoms. The number of allylic oxidation sites excluding steroid dienone is 13. The van der Waals surface area contributed by atoms with Crippen LogP contribution in [0.25, 0.3) is 0 Å². The van der Waals surface area contributed by atoms with Crippen molar-refractivity contribution >= 4 is 24.3 Å². The standard InChI is InChI=1S/C38H59N5O6/c1-5-6-7-8-9-10-11-12-13-14-15-16-17-18-19-20-21-22-23-35(45)40-26-28-42(4)29-27-41-38(47)48-32-34-24-25-36(49-34)43(37(46)39-3)30-33(2)31-44/h5-6,8-9,11-12,14-15,17-18,20-21,30-31,34,36H,7,10,13,16,19,22-29,32H2,1-4H3,(H,39,46)(H,40,45)(H,41,47)/b6-5-,9-8-,12-11-,15-14-,18-17-,21-20-,33-30-. The van der Waals surface area contributed by atoms with Crippen molar-refractivity contribution < 1.29 is 28.7 Å². The molecule has 1 saturated heterocycles. The number of ether oxygens (including phenoxy) is 2. The topological polar surface area (TPSA) is 129 Å². The fourth-order valence-corrected chi connectivity index (χ4v) is 4.55. The van der Waals surface area contributed by atoms with Gasteiger partial charge in [0.15, 0.2) is 0 Å². The van der Waals surface area contributed by atoms with Crippen molar-refractivity contribution in [3.05, 3.63) is 84.7 Å². The molecule has 2 atom stereocenters. The lowest BCUT2D eigenvalue weighted by molar-refractivity contribution is -0.121. The Morgan fingerprint density at radius 2 is 1.37 bits per heavy atom. The third-order valence-corrected chi connectivity index (χ3v) is 7.32. The number of rotatable bonds is 24. The number of amides is 4. The maximum Gasteiger partial charge on any atom is 0.407 e. The van der Waals surface area contributed by atoms with Crippen molar-refractivity contribution in [2.24, 2.45) is 0 Å². The Morgan fingerprint density at radius 3 is 1.92 bits per heavy atom. The first-order valence-electron chi connectivity index (χ1n) is 17.3. The molecule has 0 aliphatic carbocycles. The second-order valence-electron chi connectivity index (χ2n) is 11.6. The molecule has 1 fully saturated rings. The summed E-state index contributed by atoms with van der Waals surface area (Å²) in [5.41, 5.74) is 0.389. The summed E-state index contributed by atoms with van der Waals surface area (Å²) in [4.78, 5) is 50.8. The number of hydrogen-bond donors (Lipinski definition) is 3. The molecule has 272 valence electrons. The van der Waals surface area contributed by atoms with Gasteiger partial charge in [-0.1, -0.05) is 72.9 Å². The zero-order valence-electron chi connectivity index (χ0n) is 30.0. The Kier molecular flexibility index (Phi) is 25.1. The van der Waals surface area contributed by atoms with Gasteiger partial charge in [0.25, 0.3) is 0 Å². The predicted molar refractivity (Wildman–Crippen MR) is 197 cm³/mol. The molecule has 0 bridgehead atoms. The highest BCUT2D eigenvalue weighted by Crippen LogP contribution is 2.24. The van der Waals surface area contributed by atoms with Gasteiger partial charge in [0.1, 0.15) is 19.1 Å². The molecule has 0 radical (unpaired) electrons. The van der Waals surface area contributed by atoms with E-state index in [1.807, 2.05) is 24.9 Å². The summed E-state index contributed by atoms with van der Waals surface area (Å²) < 4.78 is 11.2. The van der Waals surface area contributed by atoms with Gasteiger partial charge >= 0.3 is 12.1 Å². The van der Waals surface area contributed by atoms with Crippen molar-refractivity contribution in [1.82, 2.24) is 25.8 Å². The molecular formula is C38H59N5O6. The summed E-state index contributed by atoms with van der Waals surface area (Å²) in [5, 5.41) is 8.19. The average Bonchev–Trinajstić information content (AvgIpc) is 3.57. The van der Waals surface area contributed by atoms with E-state index in [0.717, 1.165) is 32.1 Å². The van der Waals surface area contributed by atoms with Crippen molar-refractivity contribution in [3.8, 4) is 0 Å². The van der Waals surface area contributed by atoms with Crippen molar-refractivity contribution in [2.75, 3.05) is 46.9 Å². The van der Waals surface area contributed by atoms with Gasteiger partial charge in [0.05, 0.1) is 6.10 Å². The first-order chi connectivity index (χ1) is 23.8. The van der Waals surface area contributed by atoms with Gasteiger partial charge in [0, 0.05) is 51.4 Å². The lowest BCUT2D eigenvalue weighted by atomic mass is 10.2. The first-order valence-corrected chi connectivity index (χ1v) is 17.3. The number of alkyl carbamates (subject to hydrolysis) is 1. The van der Waals surface area contributed by atoms with Crippen LogP contribution in [0.5, 0.6) is 0 Å². The highest BCUT2D eigenvalue weighted by atomic mass is 16.6. The summed E-state index contributed by atoms with van der Waals surface area (Å²) in [7, 11) is 3.42.